The van der Waals surface area contributed by atoms with Crippen LogP contribution in [0.4, 0.5) is 0 Å². The first-order valence-corrected chi connectivity index (χ1v) is 4.39. The number of aryl methyl sites for hydroxylation is 1. The second-order valence-electron chi connectivity index (χ2n) is 2.97. The van der Waals surface area contributed by atoms with Crippen molar-refractivity contribution in [3.8, 4) is 0 Å². The van der Waals surface area contributed by atoms with E-state index in [-0.39, 0.29) is 0 Å². The van der Waals surface area contributed by atoms with E-state index in [1.165, 1.54) is 11.1 Å². The molecule has 0 amide bonds. The van der Waals surface area contributed by atoms with Gasteiger partial charge in [-0.1, -0.05) is 35.9 Å². The molecule has 0 unspecified atom stereocenters. The van der Waals surface area contributed by atoms with E-state index in [4.69, 9.17) is 5.73 Å². The summed E-state index contributed by atoms with van der Waals surface area (Å²) in [4.78, 5) is 0. The molecule has 0 spiro atoms. The van der Waals surface area contributed by atoms with Crippen molar-refractivity contribution in [1.29, 1.82) is 0 Å². The summed E-state index contributed by atoms with van der Waals surface area (Å²) >= 11 is 0. The Bertz CT molecular complexity index is 335. The van der Waals surface area contributed by atoms with E-state index < -0.39 is 0 Å². The van der Waals surface area contributed by atoms with Gasteiger partial charge in [0.2, 0.25) is 0 Å². The fraction of sp³-hybridized carbons (Fsp3) is 0.167. The van der Waals surface area contributed by atoms with Gasteiger partial charge in [-0.25, -0.2) is 0 Å². The van der Waals surface area contributed by atoms with Crippen molar-refractivity contribution >= 4 is 5.57 Å². The van der Waals surface area contributed by atoms with Crippen molar-refractivity contribution in [2.45, 2.75) is 13.8 Å². The zero-order chi connectivity index (χ0) is 9.68. The van der Waals surface area contributed by atoms with Gasteiger partial charge < -0.3 is 5.73 Å². The molecule has 0 radical (unpaired) electrons. The van der Waals surface area contributed by atoms with Crippen LogP contribution in [0.5, 0.6) is 0 Å². The largest absolute Gasteiger partial charge is 0.405 e. The molecule has 0 atom stereocenters. The molecule has 0 aromatic heterocycles. The van der Waals surface area contributed by atoms with Gasteiger partial charge in [0.25, 0.3) is 0 Å². The highest BCUT2D eigenvalue weighted by atomic mass is 14.5. The minimum atomic E-state index is 1.16. The molecule has 0 bridgehead atoms. The Morgan fingerprint density at radius 2 is 2.15 bits per heavy atom. The van der Waals surface area contributed by atoms with E-state index in [1.54, 1.807) is 6.20 Å². The average molecular weight is 173 g/mol. The molecule has 0 saturated heterocycles. The topological polar surface area (TPSA) is 26.0 Å². The summed E-state index contributed by atoms with van der Waals surface area (Å²) in [7, 11) is 0. The van der Waals surface area contributed by atoms with Gasteiger partial charge in [-0.05, 0) is 37.3 Å². The predicted octanol–water partition coefficient (Wildman–Crippen LogP) is 2.87. The third-order valence-corrected chi connectivity index (χ3v) is 1.94. The Morgan fingerprint density at radius 3 is 2.69 bits per heavy atom. The number of nitrogens with two attached hydrogens (primary N) is 1. The van der Waals surface area contributed by atoms with Crippen LogP contribution in [0.2, 0.25) is 0 Å². The second-order valence-corrected chi connectivity index (χ2v) is 2.97. The molecule has 1 aromatic rings. The van der Waals surface area contributed by atoms with Gasteiger partial charge in [0.15, 0.2) is 0 Å². The summed E-state index contributed by atoms with van der Waals surface area (Å²) in [5, 5.41) is 0. The summed E-state index contributed by atoms with van der Waals surface area (Å²) in [6.45, 7) is 4.10. The summed E-state index contributed by atoms with van der Waals surface area (Å²) < 4.78 is 0. The first-order chi connectivity index (χ1) is 6.27. The summed E-state index contributed by atoms with van der Waals surface area (Å²) in [5.74, 6) is 0. The summed E-state index contributed by atoms with van der Waals surface area (Å²) in [5.41, 5.74) is 9.00. The van der Waals surface area contributed by atoms with Crippen LogP contribution in [0.25, 0.3) is 5.57 Å². The smallest absolute Gasteiger partial charge is 0.00563 e. The van der Waals surface area contributed by atoms with E-state index in [9.17, 15) is 0 Å². The van der Waals surface area contributed by atoms with E-state index in [0.717, 1.165) is 5.57 Å². The van der Waals surface area contributed by atoms with Gasteiger partial charge in [0.05, 0.1) is 0 Å². The Labute approximate surface area is 79.6 Å². The lowest BCUT2D eigenvalue weighted by atomic mass is 10.0. The maximum absolute atomic E-state index is 5.36. The van der Waals surface area contributed by atoms with Crippen molar-refractivity contribution in [2.75, 3.05) is 0 Å². The van der Waals surface area contributed by atoms with Gasteiger partial charge in [0.1, 0.15) is 0 Å². The molecule has 0 saturated carbocycles. The minimum Gasteiger partial charge on any atom is -0.405 e. The van der Waals surface area contributed by atoms with Gasteiger partial charge in [0, 0.05) is 0 Å². The molecule has 1 rings (SSSR count). The summed E-state index contributed by atoms with van der Waals surface area (Å²) in [6, 6.07) is 8.37. The lowest BCUT2D eigenvalue weighted by molar-refractivity contribution is 1.44. The van der Waals surface area contributed by atoms with Crippen LogP contribution in [-0.2, 0) is 0 Å². The van der Waals surface area contributed by atoms with Crippen LogP contribution in [-0.4, -0.2) is 0 Å². The van der Waals surface area contributed by atoms with Crippen molar-refractivity contribution in [1.82, 2.24) is 0 Å². The third kappa shape index (κ3) is 2.48. The molecule has 0 aliphatic carbocycles. The molecule has 0 aliphatic heterocycles. The fourth-order valence-corrected chi connectivity index (χ4v) is 1.29. The van der Waals surface area contributed by atoms with Gasteiger partial charge in [-0.3, -0.25) is 0 Å². The highest BCUT2D eigenvalue weighted by Gasteiger charge is 1.95. The number of hydrogen-bond donors (Lipinski definition) is 1. The molecule has 13 heavy (non-hydrogen) atoms. The first-order valence-electron chi connectivity index (χ1n) is 4.39. The zero-order valence-electron chi connectivity index (χ0n) is 8.12. The van der Waals surface area contributed by atoms with E-state index in [2.05, 4.69) is 37.3 Å². The average Bonchev–Trinajstić information content (AvgIpc) is 2.14. The monoisotopic (exact) mass is 173 g/mol. The maximum Gasteiger partial charge on any atom is -0.00563 e. The van der Waals surface area contributed by atoms with E-state index in [1.807, 2.05) is 13.0 Å². The third-order valence-electron chi connectivity index (χ3n) is 1.94. The lowest BCUT2D eigenvalue weighted by Gasteiger charge is -2.02. The van der Waals surface area contributed by atoms with Gasteiger partial charge in [-0.15, -0.1) is 0 Å². The lowest BCUT2D eigenvalue weighted by Crippen LogP contribution is -1.84. The molecule has 0 fully saturated rings. The van der Waals surface area contributed by atoms with Crippen LogP contribution >= 0.6 is 0 Å². The van der Waals surface area contributed by atoms with Crippen LogP contribution in [0.15, 0.2) is 42.6 Å². The number of allylic oxidation sites excluding steroid dienone is 3. The Kier molecular flexibility index (Phi) is 3.32. The normalized spacial score (nSPS) is 12.3. The molecular formula is C12H15N. The Morgan fingerprint density at radius 1 is 1.38 bits per heavy atom. The van der Waals surface area contributed by atoms with Crippen LogP contribution in [0.3, 0.4) is 0 Å². The number of hydrogen-bond acceptors (Lipinski definition) is 1. The van der Waals surface area contributed by atoms with Crippen LogP contribution in [0.1, 0.15) is 18.1 Å². The van der Waals surface area contributed by atoms with Crippen molar-refractivity contribution in [3.05, 3.63) is 53.7 Å². The number of rotatable bonds is 2. The van der Waals surface area contributed by atoms with Gasteiger partial charge >= 0.3 is 0 Å². The van der Waals surface area contributed by atoms with Crippen molar-refractivity contribution in [2.24, 2.45) is 5.73 Å². The molecule has 0 aliphatic rings. The summed E-state index contributed by atoms with van der Waals surface area (Å²) in [6.07, 6.45) is 5.53. The quantitative estimate of drug-likeness (QED) is 0.684. The van der Waals surface area contributed by atoms with Crippen molar-refractivity contribution in [3.63, 3.8) is 0 Å². The van der Waals surface area contributed by atoms with E-state index in [0.29, 0.717) is 0 Å². The van der Waals surface area contributed by atoms with Crippen molar-refractivity contribution < 1.29 is 0 Å². The molecular weight excluding hydrogens is 158 g/mol. The molecule has 1 nitrogen and oxygen atoms in total. The van der Waals surface area contributed by atoms with Crippen LogP contribution < -0.4 is 5.73 Å². The molecule has 2 N–H and O–H groups in total. The fourth-order valence-electron chi connectivity index (χ4n) is 1.29. The second kappa shape index (κ2) is 4.51. The molecule has 1 heteroatoms. The predicted molar refractivity (Wildman–Crippen MR) is 58.2 cm³/mol. The highest BCUT2D eigenvalue weighted by molar-refractivity contribution is 5.73. The Balaban J connectivity index is 3.06. The van der Waals surface area contributed by atoms with Gasteiger partial charge in [-0.2, -0.15) is 0 Å². The first kappa shape index (κ1) is 9.59. The standard InChI is InChI=1S/C12H15N/c1-3-11(7-8-13)12-6-4-5-10(2)9-12/h3-9H,13H2,1-2H3/b8-7-,11-3+. The SMILES string of the molecule is C/C=C(\C=C/N)c1cccc(C)c1. The molecule has 1 aromatic carbocycles. The molecule has 0 heterocycles. The Hall–Kier alpha value is -1.50. The molecule has 68 valence electrons. The van der Waals surface area contributed by atoms with E-state index >= 15 is 0 Å². The zero-order valence-corrected chi connectivity index (χ0v) is 8.12. The minimum absolute atomic E-state index is 1.16. The maximum atomic E-state index is 5.36. The number of benzene rings is 1. The highest BCUT2D eigenvalue weighted by Crippen LogP contribution is 2.16. The van der Waals surface area contributed by atoms with Crippen LogP contribution in [0, 0.1) is 6.92 Å².